The quantitative estimate of drug-likeness (QED) is 0.0262. The number of hydrogen-bond acceptors (Lipinski definition) is 6. The molecule has 0 saturated heterocycles. The Morgan fingerprint density at radius 1 is 0.328 bits per heavy atom. The maximum absolute atomic E-state index is 12.8. The fraction of sp³-hybridized carbons (Fsp3) is 0.707. The van der Waals surface area contributed by atoms with E-state index in [4.69, 9.17) is 14.2 Å². The second-order valence-electron chi connectivity index (χ2n) is 17.4. The van der Waals surface area contributed by atoms with Gasteiger partial charge in [-0.25, -0.2) is 0 Å². The lowest BCUT2D eigenvalue weighted by atomic mass is 10.1. The molecule has 0 fully saturated rings. The van der Waals surface area contributed by atoms with Gasteiger partial charge in [0.05, 0.1) is 0 Å². The zero-order valence-electron chi connectivity index (χ0n) is 41.8. The predicted octanol–water partition coefficient (Wildman–Crippen LogP) is 17.6. The maximum atomic E-state index is 12.8. The first-order chi connectivity index (χ1) is 31.5. The molecule has 0 aliphatic heterocycles. The van der Waals surface area contributed by atoms with Crippen LogP contribution in [0.2, 0.25) is 0 Å². The molecule has 0 aromatic heterocycles. The van der Waals surface area contributed by atoms with Crippen LogP contribution in [0, 0.1) is 0 Å². The highest BCUT2D eigenvalue weighted by atomic mass is 16.6. The molecular formula is C58H98O6. The van der Waals surface area contributed by atoms with Gasteiger partial charge in [0.15, 0.2) is 6.10 Å². The molecule has 0 spiro atoms. The molecule has 0 aromatic carbocycles. The van der Waals surface area contributed by atoms with Gasteiger partial charge in [-0.3, -0.25) is 14.4 Å². The van der Waals surface area contributed by atoms with Crippen molar-refractivity contribution >= 4 is 17.9 Å². The monoisotopic (exact) mass is 891 g/mol. The van der Waals surface area contributed by atoms with Gasteiger partial charge < -0.3 is 14.2 Å². The van der Waals surface area contributed by atoms with E-state index in [0.717, 1.165) is 128 Å². The molecule has 0 N–H and O–H groups in total. The fourth-order valence-electron chi connectivity index (χ4n) is 7.21. The Bertz CT molecular complexity index is 1250. The normalized spacial score (nSPS) is 12.7. The molecule has 0 aliphatic carbocycles. The predicted molar refractivity (Wildman–Crippen MR) is 274 cm³/mol. The second-order valence-corrected chi connectivity index (χ2v) is 17.4. The van der Waals surface area contributed by atoms with E-state index in [0.29, 0.717) is 19.3 Å². The SMILES string of the molecule is CC/C=C\C/C=C\C/C=C\C/C=C\CCCCCCCCCCC(=O)OCC(COC(=O)CCCCCCCCCCCC)OC(=O)CCCCCCC/C=C\C/C=C\C/C=C\CC. The number of allylic oxidation sites excluding steroid dienone is 14. The molecule has 0 heterocycles. The molecule has 366 valence electrons. The van der Waals surface area contributed by atoms with E-state index >= 15 is 0 Å². The van der Waals surface area contributed by atoms with Crippen LogP contribution < -0.4 is 0 Å². The van der Waals surface area contributed by atoms with Crippen molar-refractivity contribution < 1.29 is 28.6 Å². The first-order valence-electron chi connectivity index (χ1n) is 26.6. The average molecular weight is 891 g/mol. The molecular weight excluding hydrogens is 793 g/mol. The van der Waals surface area contributed by atoms with Crippen molar-refractivity contribution in [2.24, 2.45) is 0 Å². The van der Waals surface area contributed by atoms with Crippen LogP contribution in [0.15, 0.2) is 85.1 Å². The van der Waals surface area contributed by atoms with Gasteiger partial charge in [0, 0.05) is 19.3 Å². The molecule has 1 unspecified atom stereocenters. The van der Waals surface area contributed by atoms with Gasteiger partial charge in [0.25, 0.3) is 0 Å². The standard InChI is InChI=1S/C58H98O6/c1-4-7-10-13-16-19-22-24-26-27-28-29-30-31-33-34-36-39-42-45-48-51-57(60)63-54-55(53-62-56(59)50-47-44-41-38-21-18-15-12-9-6-3)64-58(61)52-49-46-43-40-37-35-32-25-23-20-17-14-11-8-5-2/h7-8,10-11,16-17,19-20,24-26,28-29,32,55H,4-6,9,12-15,18,21-23,27,30-31,33-54H2,1-3H3/b10-7-,11-8-,19-16-,20-17-,26-24-,29-28-,32-25-. The number of carbonyl (C=O) groups is 3. The van der Waals surface area contributed by atoms with E-state index < -0.39 is 6.10 Å². The molecule has 0 bridgehead atoms. The minimum Gasteiger partial charge on any atom is -0.462 e. The highest BCUT2D eigenvalue weighted by molar-refractivity contribution is 5.71. The third-order valence-electron chi connectivity index (χ3n) is 11.1. The Morgan fingerprint density at radius 2 is 0.609 bits per heavy atom. The summed E-state index contributed by atoms with van der Waals surface area (Å²) in [6.07, 6.45) is 67.1. The molecule has 6 nitrogen and oxygen atoms in total. The topological polar surface area (TPSA) is 78.9 Å². The van der Waals surface area contributed by atoms with Crippen molar-refractivity contribution in [3.8, 4) is 0 Å². The Kier molecular flexibility index (Phi) is 49.4. The highest BCUT2D eigenvalue weighted by Gasteiger charge is 2.19. The van der Waals surface area contributed by atoms with Crippen LogP contribution in [0.5, 0.6) is 0 Å². The Hall–Kier alpha value is -3.41. The number of ether oxygens (including phenoxy) is 3. The molecule has 6 heteroatoms. The van der Waals surface area contributed by atoms with E-state index in [1.54, 1.807) is 0 Å². The van der Waals surface area contributed by atoms with Gasteiger partial charge in [-0.1, -0.05) is 221 Å². The Balaban J connectivity index is 4.35. The third kappa shape index (κ3) is 49.6. The van der Waals surface area contributed by atoms with Crippen molar-refractivity contribution in [1.29, 1.82) is 0 Å². The summed E-state index contributed by atoms with van der Waals surface area (Å²) in [7, 11) is 0. The number of hydrogen-bond donors (Lipinski definition) is 0. The van der Waals surface area contributed by atoms with Crippen molar-refractivity contribution in [3.05, 3.63) is 85.1 Å². The summed E-state index contributed by atoms with van der Waals surface area (Å²) in [5.74, 6) is -0.911. The third-order valence-corrected chi connectivity index (χ3v) is 11.1. The average Bonchev–Trinajstić information content (AvgIpc) is 3.29. The molecule has 0 saturated carbocycles. The molecule has 0 aliphatic rings. The van der Waals surface area contributed by atoms with Crippen LogP contribution >= 0.6 is 0 Å². The van der Waals surface area contributed by atoms with Crippen molar-refractivity contribution in [2.75, 3.05) is 13.2 Å². The summed E-state index contributed by atoms with van der Waals surface area (Å²) >= 11 is 0. The van der Waals surface area contributed by atoms with Gasteiger partial charge in [0.1, 0.15) is 13.2 Å². The van der Waals surface area contributed by atoms with Crippen LogP contribution in [0.25, 0.3) is 0 Å². The lowest BCUT2D eigenvalue weighted by Gasteiger charge is -2.18. The molecule has 0 radical (unpaired) electrons. The summed E-state index contributed by atoms with van der Waals surface area (Å²) in [4.78, 5) is 38.0. The van der Waals surface area contributed by atoms with Crippen LogP contribution in [-0.2, 0) is 28.6 Å². The first-order valence-corrected chi connectivity index (χ1v) is 26.6. The summed E-state index contributed by atoms with van der Waals surface area (Å²) in [6.45, 7) is 6.38. The molecule has 1 atom stereocenters. The smallest absolute Gasteiger partial charge is 0.306 e. The van der Waals surface area contributed by atoms with E-state index in [1.807, 2.05) is 0 Å². The van der Waals surface area contributed by atoms with Gasteiger partial charge in [0.2, 0.25) is 0 Å². The fourth-order valence-corrected chi connectivity index (χ4v) is 7.21. The van der Waals surface area contributed by atoms with Crippen molar-refractivity contribution in [2.45, 2.75) is 252 Å². The lowest BCUT2D eigenvalue weighted by molar-refractivity contribution is -0.167. The van der Waals surface area contributed by atoms with Crippen molar-refractivity contribution in [1.82, 2.24) is 0 Å². The molecule has 0 aromatic rings. The number of esters is 3. The van der Waals surface area contributed by atoms with Gasteiger partial charge >= 0.3 is 17.9 Å². The summed E-state index contributed by atoms with van der Waals surface area (Å²) in [5, 5.41) is 0. The summed E-state index contributed by atoms with van der Waals surface area (Å²) in [5.41, 5.74) is 0. The summed E-state index contributed by atoms with van der Waals surface area (Å²) < 4.78 is 16.8. The van der Waals surface area contributed by atoms with E-state index in [2.05, 4.69) is 106 Å². The molecule has 64 heavy (non-hydrogen) atoms. The number of unbranched alkanes of at least 4 members (excludes halogenated alkanes) is 22. The van der Waals surface area contributed by atoms with Gasteiger partial charge in [-0.05, 0) is 89.9 Å². The van der Waals surface area contributed by atoms with Crippen LogP contribution in [0.4, 0.5) is 0 Å². The van der Waals surface area contributed by atoms with Crippen LogP contribution in [-0.4, -0.2) is 37.2 Å². The molecule has 0 amide bonds. The van der Waals surface area contributed by atoms with Gasteiger partial charge in [-0.15, -0.1) is 0 Å². The minimum atomic E-state index is -0.787. The van der Waals surface area contributed by atoms with Crippen LogP contribution in [0.1, 0.15) is 245 Å². The zero-order valence-corrected chi connectivity index (χ0v) is 41.8. The maximum Gasteiger partial charge on any atom is 0.306 e. The Labute approximate surface area is 395 Å². The van der Waals surface area contributed by atoms with E-state index in [-0.39, 0.29) is 31.1 Å². The minimum absolute atomic E-state index is 0.0850. The van der Waals surface area contributed by atoms with Crippen LogP contribution in [0.3, 0.4) is 0 Å². The van der Waals surface area contributed by atoms with Crippen molar-refractivity contribution in [3.63, 3.8) is 0 Å². The summed E-state index contributed by atoms with van der Waals surface area (Å²) in [6, 6.07) is 0. The highest BCUT2D eigenvalue weighted by Crippen LogP contribution is 2.15. The van der Waals surface area contributed by atoms with Gasteiger partial charge in [-0.2, -0.15) is 0 Å². The number of carbonyl (C=O) groups excluding carboxylic acids is 3. The molecule has 0 rings (SSSR count). The first kappa shape index (κ1) is 60.6. The second kappa shape index (κ2) is 52.2. The van der Waals surface area contributed by atoms with E-state index in [9.17, 15) is 14.4 Å². The lowest BCUT2D eigenvalue weighted by Crippen LogP contribution is -2.30. The van der Waals surface area contributed by atoms with E-state index in [1.165, 1.54) is 77.0 Å². The largest absolute Gasteiger partial charge is 0.462 e. The Morgan fingerprint density at radius 3 is 0.953 bits per heavy atom. The number of rotatable bonds is 47. The zero-order chi connectivity index (χ0) is 46.5.